The number of alkyl halides is 3. The molecule has 0 aliphatic rings. The molecule has 0 fully saturated rings. The predicted octanol–water partition coefficient (Wildman–Crippen LogP) is 2.01. The van der Waals surface area contributed by atoms with Crippen LogP contribution in [0.4, 0.5) is 13.2 Å². The first-order chi connectivity index (χ1) is 10.7. The first-order valence-electron chi connectivity index (χ1n) is 6.26. The van der Waals surface area contributed by atoms with E-state index in [1.807, 2.05) is 0 Å². The number of benzene rings is 1. The van der Waals surface area contributed by atoms with E-state index < -0.39 is 41.3 Å². The molecule has 0 amide bonds. The Labute approximate surface area is 129 Å². The van der Waals surface area contributed by atoms with Gasteiger partial charge in [-0.1, -0.05) is 6.07 Å². The highest BCUT2D eigenvalue weighted by atomic mass is 19.4. The molecule has 0 saturated heterocycles. The molecule has 0 spiro atoms. The average Bonchev–Trinajstić information content (AvgIpc) is 2.50. The van der Waals surface area contributed by atoms with Gasteiger partial charge in [0.25, 0.3) is 0 Å². The smallest absolute Gasteiger partial charge is 0.397 e. The third-order valence-electron chi connectivity index (χ3n) is 3.17. The summed E-state index contributed by atoms with van der Waals surface area (Å²) in [4.78, 5) is 23.4. The molecule has 1 aromatic rings. The normalized spacial score (nSPS) is 12.7. The Kier molecular flexibility index (Phi) is 5.83. The molecule has 0 heterocycles. The zero-order valence-corrected chi connectivity index (χ0v) is 12.5. The van der Waals surface area contributed by atoms with E-state index in [1.165, 1.54) is 13.2 Å². The Morgan fingerprint density at radius 2 is 1.61 bits per heavy atom. The fourth-order valence-corrected chi connectivity index (χ4v) is 2.08. The van der Waals surface area contributed by atoms with Gasteiger partial charge in [-0.3, -0.25) is 9.59 Å². The fourth-order valence-electron chi connectivity index (χ4n) is 2.08. The first-order valence-corrected chi connectivity index (χ1v) is 6.26. The number of ether oxygens (including phenoxy) is 3. The highest BCUT2D eigenvalue weighted by Gasteiger charge is 2.53. The van der Waals surface area contributed by atoms with Crippen molar-refractivity contribution in [2.24, 2.45) is 5.92 Å². The Morgan fingerprint density at radius 1 is 1.09 bits per heavy atom. The summed E-state index contributed by atoms with van der Waals surface area (Å²) in [6, 6.07) is 3.03. The van der Waals surface area contributed by atoms with Crippen molar-refractivity contribution in [1.29, 1.82) is 0 Å². The number of carbonyl (C=O) groups excluding carboxylic acids is 2. The van der Waals surface area contributed by atoms with E-state index >= 15 is 0 Å². The van der Waals surface area contributed by atoms with E-state index in [1.54, 1.807) is 0 Å². The third-order valence-corrected chi connectivity index (χ3v) is 3.17. The minimum absolute atomic E-state index is 0.111. The first kappa shape index (κ1) is 18.6. The lowest BCUT2D eigenvalue weighted by molar-refractivity contribution is -0.187. The highest BCUT2D eigenvalue weighted by Crippen LogP contribution is 2.45. The maximum Gasteiger partial charge on any atom is 0.397 e. The minimum Gasteiger partial charge on any atom is -0.508 e. The van der Waals surface area contributed by atoms with Gasteiger partial charge in [0.15, 0.2) is 5.92 Å². The van der Waals surface area contributed by atoms with Crippen molar-refractivity contribution in [2.75, 3.05) is 21.3 Å². The summed E-state index contributed by atoms with van der Waals surface area (Å²) < 4.78 is 53.7. The summed E-state index contributed by atoms with van der Waals surface area (Å²) >= 11 is 0. The van der Waals surface area contributed by atoms with Gasteiger partial charge < -0.3 is 19.3 Å². The number of esters is 2. The Balaban J connectivity index is 3.50. The van der Waals surface area contributed by atoms with Crippen molar-refractivity contribution >= 4 is 11.9 Å². The van der Waals surface area contributed by atoms with Crippen molar-refractivity contribution in [3.8, 4) is 11.5 Å². The lowest BCUT2D eigenvalue weighted by Crippen LogP contribution is -2.39. The molecule has 0 aliphatic carbocycles. The van der Waals surface area contributed by atoms with Crippen LogP contribution >= 0.6 is 0 Å². The molecule has 1 N–H and O–H groups in total. The van der Waals surface area contributed by atoms with Crippen molar-refractivity contribution < 1.29 is 42.1 Å². The fraction of sp³-hybridized carbons (Fsp3) is 0.429. The highest BCUT2D eigenvalue weighted by molar-refractivity contribution is 5.96. The van der Waals surface area contributed by atoms with Gasteiger partial charge in [0.1, 0.15) is 17.4 Å². The van der Waals surface area contributed by atoms with Crippen molar-refractivity contribution in [1.82, 2.24) is 0 Å². The SMILES string of the molecule is COC(=O)C(C(=O)OC)[C@H](c1ccc(OC)cc1O)C(F)(F)F. The van der Waals surface area contributed by atoms with Crippen LogP contribution in [-0.2, 0) is 19.1 Å². The maximum absolute atomic E-state index is 13.5. The molecule has 23 heavy (non-hydrogen) atoms. The number of hydrogen-bond acceptors (Lipinski definition) is 6. The summed E-state index contributed by atoms with van der Waals surface area (Å²) in [6.07, 6.45) is -5.01. The molecular formula is C14H15F3O6. The van der Waals surface area contributed by atoms with Crippen LogP contribution in [0, 0.1) is 5.92 Å². The Bertz CT molecular complexity index is 568. The number of rotatable bonds is 5. The molecule has 6 nitrogen and oxygen atoms in total. The van der Waals surface area contributed by atoms with Gasteiger partial charge in [-0.05, 0) is 6.07 Å². The van der Waals surface area contributed by atoms with Crippen LogP contribution in [-0.4, -0.2) is 44.6 Å². The van der Waals surface area contributed by atoms with E-state index in [0.29, 0.717) is 0 Å². The molecule has 0 unspecified atom stereocenters. The van der Waals surface area contributed by atoms with Gasteiger partial charge in [-0.25, -0.2) is 0 Å². The summed E-state index contributed by atoms with van der Waals surface area (Å²) in [7, 11) is 2.96. The maximum atomic E-state index is 13.5. The molecule has 128 valence electrons. The summed E-state index contributed by atoms with van der Waals surface area (Å²) in [6.45, 7) is 0. The quantitative estimate of drug-likeness (QED) is 0.654. The van der Waals surface area contributed by atoms with Gasteiger partial charge in [-0.15, -0.1) is 0 Å². The zero-order chi connectivity index (χ0) is 17.8. The number of phenolic OH excluding ortho intramolecular Hbond substituents is 1. The number of methoxy groups -OCH3 is 3. The Morgan fingerprint density at radius 3 is 1.96 bits per heavy atom. The largest absolute Gasteiger partial charge is 0.508 e. The molecule has 9 heteroatoms. The number of halogens is 3. The molecule has 0 bridgehead atoms. The topological polar surface area (TPSA) is 82.1 Å². The molecule has 0 aliphatic heterocycles. The summed E-state index contributed by atoms with van der Waals surface area (Å²) in [5.74, 6) is -8.44. The number of carbonyl (C=O) groups is 2. The lowest BCUT2D eigenvalue weighted by atomic mass is 9.84. The van der Waals surface area contributed by atoms with E-state index in [4.69, 9.17) is 4.74 Å². The minimum atomic E-state index is -5.01. The molecule has 1 atom stereocenters. The lowest BCUT2D eigenvalue weighted by Gasteiger charge is -2.26. The number of phenols is 1. The second-order valence-corrected chi connectivity index (χ2v) is 4.47. The predicted molar refractivity (Wildman–Crippen MR) is 71.0 cm³/mol. The molecule has 0 aromatic heterocycles. The van der Waals surface area contributed by atoms with Crippen LogP contribution in [0.1, 0.15) is 11.5 Å². The van der Waals surface area contributed by atoms with E-state index in [0.717, 1.165) is 26.4 Å². The second kappa shape index (κ2) is 7.21. The van der Waals surface area contributed by atoms with E-state index in [2.05, 4.69) is 9.47 Å². The monoisotopic (exact) mass is 336 g/mol. The van der Waals surface area contributed by atoms with Crippen LogP contribution in [0.15, 0.2) is 18.2 Å². The van der Waals surface area contributed by atoms with E-state index in [9.17, 15) is 27.9 Å². The van der Waals surface area contributed by atoms with Gasteiger partial charge in [0, 0.05) is 11.6 Å². The van der Waals surface area contributed by atoms with Gasteiger partial charge in [-0.2, -0.15) is 13.2 Å². The standard InChI is InChI=1S/C14H15F3O6/c1-21-7-4-5-8(9(18)6-7)11(14(15,16)17)10(12(19)22-2)13(20)23-3/h4-6,10-11,18H,1-3H3/t11-/m0/s1. The summed E-state index contributed by atoms with van der Waals surface area (Å²) in [5.41, 5.74) is -0.667. The van der Waals surface area contributed by atoms with Crippen LogP contribution < -0.4 is 4.74 Å². The van der Waals surface area contributed by atoms with Crippen molar-refractivity contribution in [3.63, 3.8) is 0 Å². The van der Waals surface area contributed by atoms with E-state index in [-0.39, 0.29) is 5.75 Å². The molecule has 0 radical (unpaired) electrons. The van der Waals surface area contributed by atoms with Crippen LogP contribution in [0.25, 0.3) is 0 Å². The molecule has 0 saturated carbocycles. The van der Waals surface area contributed by atoms with Gasteiger partial charge in [0.2, 0.25) is 0 Å². The molecule has 1 aromatic carbocycles. The van der Waals surface area contributed by atoms with Crippen molar-refractivity contribution in [3.05, 3.63) is 23.8 Å². The molecule has 1 rings (SSSR count). The molecular weight excluding hydrogens is 321 g/mol. The van der Waals surface area contributed by atoms with Crippen LogP contribution in [0.3, 0.4) is 0 Å². The van der Waals surface area contributed by atoms with Gasteiger partial charge in [0.05, 0.1) is 21.3 Å². The zero-order valence-electron chi connectivity index (χ0n) is 12.5. The summed E-state index contributed by atoms with van der Waals surface area (Å²) in [5, 5.41) is 9.83. The number of aromatic hydroxyl groups is 1. The average molecular weight is 336 g/mol. The second-order valence-electron chi connectivity index (χ2n) is 4.47. The Hall–Kier alpha value is -2.45. The number of hydrogen-bond donors (Lipinski definition) is 1. The van der Waals surface area contributed by atoms with Gasteiger partial charge >= 0.3 is 18.1 Å². The van der Waals surface area contributed by atoms with Crippen LogP contribution in [0.2, 0.25) is 0 Å². The van der Waals surface area contributed by atoms with Crippen LogP contribution in [0.5, 0.6) is 11.5 Å². The third kappa shape index (κ3) is 4.05. The van der Waals surface area contributed by atoms with Crippen molar-refractivity contribution in [2.45, 2.75) is 12.1 Å².